The third-order valence-electron chi connectivity index (χ3n) is 1.63. The molecule has 0 unspecified atom stereocenters. The highest BCUT2D eigenvalue weighted by Crippen LogP contribution is 2.20. The van der Waals surface area contributed by atoms with Crippen LogP contribution < -0.4 is 0 Å². The van der Waals surface area contributed by atoms with Crippen LogP contribution in [0.5, 0.6) is 0 Å². The summed E-state index contributed by atoms with van der Waals surface area (Å²) in [6.45, 7) is 3.68. The molecule has 2 rings (SSSR count). The van der Waals surface area contributed by atoms with Gasteiger partial charge in [0.1, 0.15) is 11.5 Å². The summed E-state index contributed by atoms with van der Waals surface area (Å²) in [4.78, 5) is 3.92. The van der Waals surface area contributed by atoms with Gasteiger partial charge in [0.25, 0.3) is 0 Å². The molecule has 0 fully saturated rings. The smallest absolute Gasteiger partial charge is 0.134 e. The van der Waals surface area contributed by atoms with Crippen molar-refractivity contribution in [3.05, 3.63) is 49.3 Å². The van der Waals surface area contributed by atoms with E-state index in [-0.39, 0.29) is 0 Å². The van der Waals surface area contributed by atoms with Gasteiger partial charge in [0.05, 0.1) is 0 Å². The maximum Gasteiger partial charge on any atom is 0.134 e. The average Bonchev–Trinajstić information content (AvgIpc) is 2.54. The summed E-state index contributed by atoms with van der Waals surface area (Å²) in [6.07, 6.45) is 3.47. The number of hydrogen-bond donors (Lipinski definition) is 0. The number of pyridine rings is 1. The molecule has 0 bridgehead atoms. The Bertz CT molecular complexity index is 364. The molecule has 12 heavy (non-hydrogen) atoms. The summed E-state index contributed by atoms with van der Waals surface area (Å²) < 4.78 is 5.33. The number of aromatic nitrogens is 1. The molecule has 0 saturated heterocycles. The summed E-state index contributed by atoms with van der Waals surface area (Å²) in [7, 11) is 0. The largest absolute Gasteiger partial charge is 0.461 e. The van der Waals surface area contributed by atoms with Gasteiger partial charge in [0.2, 0.25) is 0 Å². The Kier molecular flexibility index (Phi) is 1.67. The zero-order valence-electron chi connectivity index (χ0n) is 6.53. The SMILES string of the molecule is [CH2]c1ccc(-c2ccncc2)o1. The van der Waals surface area contributed by atoms with E-state index in [4.69, 9.17) is 4.42 Å². The highest BCUT2D eigenvalue weighted by atomic mass is 16.3. The first kappa shape index (κ1) is 7.10. The van der Waals surface area contributed by atoms with Crippen LogP contribution in [0.4, 0.5) is 0 Å². The molecule has 0 aliphatic rings. The molecule has 59 valence electrons. The average molecular weight is 158 g/mol. The van der Waals surface area contributed by atoms with Gasteiger partial charge in [-0.05, 0) is 24.3 Å². The molecular formula is C10H8NO. The summed E-state index contributed by atoms with van der Waals surface area (Å²) in [5.74, 6) is 1.52. The molecule has 0 atom stereocenters. The van der Waals surface area contributed by atoms with Crippen LogP contribution in [0.3, 0.4) is 0 Å². The lowest BCUT2D eigenvalue weighted by Crippen LogP contribution is -1.73. The molecule has 0 saturated carbocycles. The van der Waals surface area contributed by atoms with Crippen molar-refractivity contribution < 1.29 is 4.42 Å². The van der Waals surface area contributed by atoms with Crippen molar-refractivity contribution in [1.29, 1.82) is 0 Å². The van der Waals surface area contributed by atoms with Gasteiger partial charge >= 0.3 is 0 Å². The lowest BCUT2D eigenvalue weighted by atomic mass is 10.2. The Hall–Kier alpha value is -1.57. The highest BCUT2D eigenvalue weighted by molar-refractivity contribution is 5.56. The molecule has 0 aromatic carbocycles. The van der Waals surface area contributed by atoms with Gasteiger partial charge in [-0.2, -0.15) is 0 Å². The fourth-order valence-electron chi connectivity index (χ4n) is 1.05. The topological polar surface area (TPSA) is 26.0 Å². The fraction of sp³-hybridized carbons (Fsp3) is 0. The van der Waals surface area contributed by atoms with Crippen molar-refractivity contribution >= 4 is 0 Å². The van der Waals surface area contributed by atoms with Crippen LogP contribution in [-0.4, -0.2) is 4.98 Å². The van der Waals surface area contributed by atoms with E-state index in [1.54, 1.807) is 12.4 Å². The van der Waals surface area contributed by atoms with Gasteiger partial charge in [0.15, 0.2) is 0 Å². The van der Waals surface area contributed by atoms with Gasteiger partial charge in [0, 0.05) is 24.9 Å². The quantitative estimate of drug-likeness (QED) is 0.637. The molecule has 2 aromatic rings. The van der Waals surface area contributed by atoms with E-state index in [1.165, 1.54) is 0 Å². The van der Waals surface area contributed by atoms with E-state index in [0.717, 1.165) is 11.3 Å². The second-order valence-corrected chi connectivity index (χ2v) is 2.50. The normalized spacial score (nSPS) is 10.1. The zero-order valence-corrected chi connectivity index (χ0v) is 6.53. The Morgan fingerprint density at radius 1 is 1.08 bits per heavy atom. The van der Waals surface area contributed by atoms with Gasteiger partial charge in [-0.15, -0.1) is 0 Å². The zero-order chi connectivity index (χ0) is 8.39. The minimum atomic E-state index is 0.682. The third-order valence-corrected chi connectivity index (χ3v) is 1.63. The third kappa shape index (κ3) is 1.23. The van der Waals surface area contributed by atoms with E-state index in [0.29, 0.717) is 5.76 Å². The van der Waals surface area contributed by atoms with Crippen LogP contribution >= 0.6 is 0 Å². The van der Waals surface area contributed by atoms with E-state index < -0.39 is 0 Å². The first-order valence-corrected chi connectivity index (χ1v) is 3.68. The van der Waals surface area contributed by atoms with Crippen LogP contribution in [-0.2, 0) is 0 Å². The summed E-state index contributed by atoms with van der Waals surface area (Å²) >= 11 is 0. The minimum Gasteiger partial charge on any atom is -0.461 e. The molecule has 2 heterocycles. The maximum atomic E-state index is 5.33. The second kappa shape index (κ2) is 2.81. The Labute approximate surface area is 70.9 Å². The van der Waals surface area contributed by atoms with Crippen LogP contribution in [0.2, 0.25) is 0 Å². The van der Waals surface area contributed by atoms with Crippen molar-refractivity contribution in [2.75, 3.05) is 0 Å². The van der Waals surface area contributed by atoms with Gasteiger partial charge < -0.3 is 4.42 Å². The summed E-state index contributed by atoms with van der Waals surface area (Å²) in [5.41, 5.74) is 1.03. The van der Waals surface area contributed by atoms with E-state index in [9.17, 15) is 0 Å². The molecule has 0 amide bonds. The molecule has 2 aromatic heterocycles. The molecular weight excluding hydrogens is 150 g/mol. The first-order chi connectivity index (χ1) is 5.86. The highest BCUT2D eigenvalue weighted by Gasteiger charge is 1.99. The second-order valence-electron chi connectivity index (χ2n) is 2.50. The van der Waals surface area contributed by atoms with Crippen molar-refractivity contribution in [2.45, 2.75) is 0 Å². The lowest BCUT2D eigenvalue weighted by Gasteiger charge is -1.93. The van der Waals surface area contributed by atoms with Crippen molar-refractivity contribution in [2.24, 2.45) is 0 Å². The van der Waals surface area contributed by atoms with Crippen LogP contribution in [0.15, 0.2) is 41.1 Å². The Morgan fingerprint density at radius 2 is 1.83 bits per heavy atom. The number of hydrogen-bond acceptors (Lipinski definition) is 2. The van der Waals surface area contributed by atoms with E-state index in [1.807, 2.05) is 24.3 Å². The molecule has 0 aliphatic carbocycles. The predicted molar refractivity (Wildman–Crippen MR) is 46.4 cm³/mol. The maximum absolute atomic E-state index is 5.33. The predicted octanol–water partition coefficient (Wildman–Crippen LogP) is 2.52. The minimum absolute atomic E-state index is 0.682. The van der Waals surface area contributed by atoms with Crippen LogP contribution in [0.1, 0.15) is 5.76 Å². The van der Waals surface area contributed by atoms with Crippen LogP contribution in [0, 0.1) is 6.92 Å². The van der Waals surface area contributed by atoms with Gasteiger partial charge in [-0.3, -0.25) is 4.98 Å². The number of rotatable bonds is 1. The van der Waals surface area contributed by atoms with Crippen molar-refractivity contribution in [3.63, 3.8) is 0 Å². The standard InChI is InChI=1S/C10H8NO/c1-8-2-3-10(12-8)9-4-6-11-7-5-9/h2-7H,1H2. The molecule has 0 spiro atoms. The first-order valence-electron chi connectivity index (χ1n) is 3.68. The Morgan fingerprint density at radius 3 is 2.42 bits per heavy atom. The van der Waals surface area contributed by atoms with Crippen molar-refractivity contribution in [3.8, 4) is 11.3 Å². The molecule has 1 radical (unpaired) electrons. The van der Waals surface area contributed by atoms with E-state index >= 15 is 0 Å². The lowest BCUT2D eigenvalue weighted by molar-refractivity contribution is 0.563. The van der Waals surface area contributed by atoms with Crippen molar-refractivity contribution in [1.82, 2.24) is 4.98 Å². The number of furan rings is 1. The van der Waals surface area contributed by atoms with Gasteiger partial charge in [-0.25, -0.2) is 0 Å². The monoisotopic (exact) mass is 158 g/mol. The summed E-state index contributed by atoms with van der Waals surface area (Å²) in [6, 6.07) is 7.55. The summed E-state index contributed by atoms with van der Waals surface area (Å²) in [5, 5.41) is 0. The van der Waals surface area contributed by atoms with Gasteiger partial charge in [-0.1, -0.05) is 0 Å². The molecule has 2 heteroatoms. The number of nitrogens with zero attached hydrogens (tertiary/aromatic N) is 1. The molecule has 2 nitrogen and oxygen atoms in total. The fourth-order valence-corrected chi connectivity index (χ4v) is 1.05. The van der Waals surface area contributed by atoms with E-state index in [2.05, 4.69) is 11.9 Å². The molecule has 0 aliphatic heterocycles. The van der Waals surface area contributed by atoms with Crippen LogP contribution in [0.25, 0.3) is 11.3 Å². The molecule has 0 N–H and O–H groups in total. The Balaban J connectivity index is 2.45.